The molecule has 0 radical (unpaired) electrons. The van der Waals surface area contributed by atoms with Gasteiger partial charge >= 0.3 is 0 Å². The fraction of sp³-hybridized carbons (Fsp3) is 0.158. The number of H-pyrrole nitrogens is 1. The summed E-state index contributed by atoms with van der Waals surface area (Å²) in [4.78, 5) is 19.9. The third-order valence-corrected chi connectivity index (χ3v) is 6.44. The van der Waals surface area contributed by atoms with E-state index in [0.717, 1.165) is 31.1 Å². The van der Waals surface area contributed by atoms with Crippen LogP contribution in [0.15, 0.2) is 45.5 Å². The number of aromatic nitrogens is 2. The average molecular weight is 397 g/mol. The normalized spacial score (nSPS) is 12.8. The molecule has 1 aliphatic rings. The number of benzene rings is 2. The number of anilines is 1. The fourth-order valence-corrected chi connectivity index (χ4v) is 4.60. The first-order valence-corrected chi connectivity index (χ1v) is 10.4. The van der Waals surface area contributed by atoms with E-state index < -0.39 is 0 Å². The average Bonchev–Trinajstić information content (AvgIpc) is 3.29. The van der Waals surface area contributed by atoms with Gasteiger partial charge in [-0.05, 0) is 36.6 Å². The summed E-state index contributed by atoms with van der Waals surface area (Å²) < 4.78 is 13.0. The number of nitrogens with zero attached hydrogens (tertiary/aromatic N) is 1. The molecule has 8 heteroatoms. The topological polar surface area (TPSA) is 76.2 Å². The molecule has 0 atom stereocenters. The van der Waals surface area contributed by atoms with Gasteiger partial charge in [-0.1, -0.05) is 11.8 Å². The van der Waals surface area contributed by atoms with Gasteiger partial charge in [0.05, 0.1) is 15.7 Å². The zero-order valence-corrected chi connectivity index (χ0v) is 16.0. The van der Waals surface area contributed by atoms with E-state index in [4.69, 9.17) is 9.47 Å². The van der Waals surface area contributed by atoms with Crippen molar-refractivity contribution in [2.75, 3.05) is 18.4 Å². The number of pyridine rings is 1. The largest absolute Gasteiger partial charge is 0.454 e. The van der Waals surface area contributed by atoms with E-state index in [0.29, 0.717) is 23.6 Å². The second-order valence-corrected chi connectivity index (χ2v) is 8.22. The lowest BCUT2D eigenvalue weighted by molar-refractivity contribution is 0.174. The monoisotopic (exact) mass is 397 g/mol. The molecular weight excluding hydrogens is 382 g/mol. The van der Waals surface area contributed by atoms with Crippen molar-refractivity contribution in [1.29, 1.82) is 0 Å². The summed E-state index contributed by atoms with van der Waals surface area (Å²) in [6.45, 7) is 0.641. The molecule has 2 aromatic heterocycles. The quantitative estimate of drug-likeness (QED) is 0.503. The van der Waals surface area contributed by atoms with Gasteiger partial charge in [-0.2, -0.15) is 0 Å². The predicted octanol–water partition coefficient (Wildman–Crippen LogP) is 4.20. The number of aromatic amines is 1. The fourth-order valence-electron chi connectivity index (χ4n) is 3.07. The zero-order chi connectivity index (χ0) is 18.4. The summed E-state index contributed by atoms with van der Waals surface area (Å²) in [5.41, 5.74) is 3.25. The Morgan fingerprint density at radius 1 is 1.22 bits per heavy atom. The number of nitrogens with one attached hydrogen (secondary N) is 2. The van der Waals surface area contributed by atoms with Gasteiger partial charge in [-0.15, -0.1) is 11.3 Å². The highest BCUT2D eigenvalue weighted by molar-refractivity contribution is 8.00. The van der Waals surface area contributed by atoms with Crippen LogP contribution in [0.3, 0.4) is 0 Å². The molecule has 0 saturated carbocycles. The first-order chi connectivity index (χ1) is 13.2. The molecule has 1 aliphatic heterocycles. The molecule has 0 saturated heterocycles. The Kier molecular flexibility index (Phi) is 3.95. The van der Waals surface area contributed by atoms with E-state index in [-0.39, 0.29) is 12.4 Å². The summed E-state index contributed by atoms with van der Waals surface area (Å²) in [6, 6.07) is 11.6. The summed E-state index contributed by atoms with van der Waals surface area (Å²) in [7, 11) is 0. The van der Waals surface area contributed by atoms with E-state index in [1.54, 1.807) is 29.2 Å². The van der Waals surface area contributed by atoms with Gasteiger partial charge < -0.3 is 19.8 Å². The molecule has 0 spiro atoms. The molecular formula is C19H15N3O3S2. The molecule has 0 fully saturated rings. The SMILES string of the molecule is CSc1nc2ccc(NCc3cc4cc5c(cc4[nH]c3=O)OCO5)cc2s1. The van der Waals surface area contributed by atoms with Crippen LogP contribution >= 0.6 is 23.1 Å². The maximum atomic E-state index is 12.4. The molecule has 4 aromatic rings. The molecule has 0 aliphatic carbocycles. The van der Waals surface area contributed by atoms with Crippen LogP contribution in [0.1, 0.15) is 5.56 Å². The van der Waals surface area contributed by atoms with Crippen LogP contribution in [0.5, 0.6) is 11.5 Å². The highest BCUT2D eigenvalue weighted by Crippen LogP contribution is 2.35. The predicted molar refractivity (Wildman–Crippen MR) is 109 cm³/mol. The van der Waals surface area contributed by atoms with Gasteiger partial charge in [0.25, 0.3) is 5.56 Å². The van der Waals surface area contributed by atoms with Gasteiger partial charge in [-0.25, -0.2) is 4.98 Å². The van der Waals surface area contributed by atoms with E-state index in [2.05, 4.69) is 21.4 Å². The Balaban J connectivity index is 1.43. The summed E-state index contributed by atoms with van der Waals surface area (Å²) in [6.07, 6.45) is 2.02. The lowest BCUT2D eigenvalue weighted by Gasteiger charge is -2.08. The third-order valence-electron chi connectivity index (χ3n) is 4.44. The van der Waals surface area contributed by atoms with Crippen molar-refractivity contribution in [2.45, 2.75) is 10.9 Å². The number of hydrogen-bond donors (Lipinski definition) is 2. The van der Waals surface area contributed by atoms with Crippen molar-refractivity contribution >= 4 is 49.9 Å². The van der Waals surface area contributed by atoms with Gasteiger partial charge in [0.1, 0.15) is 0 Å². The van der Waals surface area contributed by atoms with Crippen molar-refractivity contribution in [1.82, 2.24) is 9.97 Å². The number of thioether (sulfide) groups is 1. The van der Waals surface area contributed by atoms with Crippen LogP contribution in [0, 0.1) is 0 Å². The van der Waals surface area contributed by atoms with Crippen LogP contribution in [-0.2, 0) is 6.54 Å². The molecule has 0 bridgehead atoms. The molecule has 0 amide bonds. The smallest absolute Gasteiger partial charge is 0.253 e. The van der Waals surface area contributed by atoms with E-state index in [1.165, 1.54) is 0 Å². The highest BCUT2D eigenvalue weighted by atomic mass is 32.2. The Labute approximate surface area is 162 Å². The molecule has 136 valence electrons. The number of fused-ring (bicyclic) bond motifs is 3. The van der Waals surface area contributed by atoms with Crippen molar-refractivity contribution in [3.8, 4) is 11.5 Å². The molecule has 27 heavy (non-hydrogen) atoms. The highest BCUT2D eigenvalue weighted by Gasteiger charge is 2.15. The molecule has 3 heterocycles. The minimum Gasteiger partial charge on any atom is -0.454 e. The summed E-state index contributed by atoms with van der Waals surface area (Å²) >= 11 is 3.31. The summed E-state index contributed by atoms with van der Waals surface area (Å²) in [5, 5.41) is 4.25. The Morgan fingerprint density at radius 3 is 2.93 bits per heavy atom. The number of thiazole rings is 1. The van der Waals surface area contributed by atoms with Crippen LogP contribution in [0.25, 0.3) is 21.1 Å². The van der Waals surface area contributed by atoms with Crippen molar-refractivity contribution in [3.63, 3.8) is 0 Å². The Hall–Kier alpha value is -2.71. The van der Waals surface area contributed by atoms with E-state index in [9.17, 15) is 4.79 Å². The van der Waals surface area contributed by atoms with Gasteiger partial charge in [0, 0.05) is 29.2 Å². The summed E-state index contributed by atoms with van der Waals surface area (Å²) in [5.74, 6) is 1.36. The first kappa shape index (κ1) is 16.5. The second kappa shape index (κ2) is 6.47. The maximum absolute atomic E-state index is 12.4. The molecule has 6 nitrogen and oxygen atoms in total. The molecule has 2 aromatic carbocycles. The Morgan fingerprint density at radius 2 is 2.07 bits per heavy atom. The standard InChI is InChI=1S/C19H15N3O3S2/c1-26-19-22-13-3-2-12(6-17(13)27-19)20-8-11-4-10-5-15-16(25-9-24-15)7-14(10)21-18(11)23/h2-7,20H,8-9H2,1H3,(H,21,23). The number of rotatable bonds is 4. The number of ether oxygens (including phenoxy) is 2. The van der Waals surface area contributed by atoms with Crippen LogP contribution in [-0.4, -0.2) is 23.0 Å². The van der Waals surface area contributed by atoms with Crippen molar-refractivity contribution in [3.05, 3.63) is 52.3 Å². The lowest BCUT2D eigenvalue weighted by Crippen LogP contribution is -2.15. The van der Waals surface area contributed by atoms with E-state index in [1.807, 2.05) is 30.5 Å². The van der Waals surface area contributed by atoms with Gasteiger partial charge in [-0.3, -0.25) is 4.79 Å². The van der Waals surface area contributed by atoms with E-state index >= 15 is 0 Å². The van der Waals surface area contributed by atoms with Gasteiger partial charge in [0.15, 0.2) is 15.8 Å². The molecule has 2 N–H and O–H groups in total. The minimum atomic E-state index is -0.114. The number of hydrogen-bond acceptors (Lipinski definition) is 7. The van der Waals surface area contributed by atoms with Gasteiger partial charge in [0.2, 0.25) is 6.79 Å². The minimum absolute atomic E-state index is 0.114. The molecule has 0 unspecified atom stereocenters. The Bertz CT molecular complexity index is 1230. The van der Waals surface area contributed by atoms with Crippen molar-refractivity contribution < 1.29 is 9.47 Å². The first-order valence-electron chi connectivity index (χ1n) is 8.33. The van der Waals surface area contributed by atoms with Crippen LogP contribution < -0.4 is 20.3 Å². The molecule has 5 rings (SSSR count). The van der Waals surface area contributed by atoms with Crippen LogP contribution in [0.2, 0.25) is 0 Å². The lowest BCUT2D eigenvalue weighted by atomic mass is 10.1. The third kappa shape index (κ3) is 3.00. The maximum Gasteiger partial charge on any atom is 0.253 e. The van der Waals surface area contributed by atoms with Crippen LogP contribution in [0.4, 0.5) is 5.69 Å². The van der Waals surface area contributed by atoms with Crippen molar-refractivity contribution in [2.24, 2.45) is 0 Å². The second-order valence-electron chi connectivity index (χ2n) is 6.14. The zero-order valence-electron chi connectivity index (χ0n) is 14.4.